The molecule has 7 heteroatoms. The van der Waals surface area contributed by atoms with E-state index in [-0.39, 0.29) is 16.3 Å². The Hall–Kier alpha value is -2.24. The van der Waals surface area contributed by atoms with Gasteiger partial charge in [-0.05, 0) is 43.7 Å². The van der Waals surface area contributed by atoms with Crippen LogP contribution in [0.25, 0.3) is 0 Å². The van der Waals surface area contributed by atoms with Crippen LogP contribution in [0.2, 0.25) is 10.0 Å². The molecule has 0 bridgehead atoms. The smallest absolute Gasteiger partial charge is 0.337 e. The minimum absolute atomic E-state index is 0.0140. The molecular weight excluding hydrogens is 353 g/mol. The average molecular weight is 368 g/mol. The van der Waals surface area contributed by atoms with Crippen LogP contribution in [0, 0.1) is 6.92 Å². The lowest BCUT2D eigenvalue weighted by Crippen LogP contribution is -2.31. The molecule has 0 spiro atoms. The molecule has 0 aliphatic heterocycles. The highest BCUT2D eigenvalue weighted by Crippen LogP contribution is 2.28. The van der Waals surface area contributed by atoms with E-state index < -0.39 is 18.0 Å². The Morgan fingerprint density at radius 1 is 1.21 bits per heavy atom. The summed E-state index contributed by atoms with van der Waals surface area (Å²) in [5.74, 6) is -1.30. The van der Waals surface area contributed by atoms with Gasteiger partial charge in [0.05, 0.1) is 16.3 Å². The Bertz CT molecular complexity index is 792. The van der Waals surface area contributed by atoms with Gasteiger partial charge in [0, 0.05) is 5.02 Å². The summed E-state index contributed by atoms with van der Waals surface area (Å²) in [5, 5.41) is 12.6. The molecule has 1 unspecified atom stereocenters. The van der Waals surface area contributed by atoms with E-state index in [0.717, 1.165) is 0 Å². The molecule has 0 fully saturated rings. The second-order valence-corrected chi connectivity index (χ2v) is 5.97. The number of hydrogen-bond acceptors (Lipinski definition) is 3. The van der Waals surface area contributed by atoms with Crippen LogP contribution in [0.5, 0.6) is 5.75 Å². The van der Waals surface area contributed by atoms with Crippen LogP contribution in [0.4, 0.5) is 5.69 Å². The van der Waals surface area contributed by atoms with Crippen molar-refractivity contribution in [3.05, 3.63) is 57.6 Å². The Morgan fingerprint density at radius 3 is 2.54 bits per heavy atom. The first-order valence-electron chi connectivity index (χ1n) is 7.05. The monoisotopic (exact) mass is 367 g/mol. The van der Waals surface area contributed by atoms with Gasteiger partial charge in [-0.15, -0.1) is 0 Å². The molecule has 24 heavy (non-hydrogen) atoms. The fourth-order valence-electron chi connectivity index (χ4n) is 2.05. The van der Waals surface area contributed by atoms with Gasteiger partial charge in [-0.3, -0.25) is 4.79 Å². The topological polar surface area (TPSA) is 75.6 Å². The van der Waals surface area contributed by atoms with E-state index >= 15 is 0 Å². The third kappa shape index (κ3) is 4.19. The number of rotatable bonds is 5. The van der Waals surface area contributed by atoms with E-state index in [4.69, 9.17) is 27.9 Å². The number of aryl methyl sites for hydroxylation is 1. The van der Waals surface area contributed by atoms with Crippen LogP contribution in [0.3, 0.4) is 0 Å². The van der Waals surface area contributed by atoms with Crippen molar-refractivity contribution < 1.29 is 19.4 Å². The van der Waals surface area contributed by atoms with Crippen molar-refractivity contribution in [3.63, 3.8) is 0 Å². The summed E-state index contributed by atoms with van der Waals surface area (Å²) in [6.45, 7) is 3.25. The zero-order valence-corrected chi connectivity index (χ0v) is 14.5. The largest absolute Gasteiger partial charge is 0.479 e. The van der Waals surface area contributed by atoms with Crippen LogP contribution in [0.1, 0.15) is 22.8 Å². The predicted octanol–water partition coefficient (Wildman–Crippen LogP) is 4.41. The average Bonchev–Trinajstić information content (AvgIpc) is 2.51. The minimum atomic E-state index is -1.12. The van der Waals surface area contributed by atoms with E-state index in [0.29, 0.717) is 16.3 Å². The molecule has 0 heterocycles. The fourth-order valence-corrected chi connectivity index (χ4v) is 2.50. The van der Waals surface area contributed by atoms with Gasteiger partial charge >= 0.3 is 5.97 Å². The molecule has 0 saturated carbocycles. The van der Waals surface area contributed by atoms with Gasteiger partial charge in [-0.25, -0.2) is 4.79 Å². The minimum Gasteiger partial charge on any atom is -0.479 e. The van der Waals surface area contributed by atoms with Crippen molar-refractivity contribution in [2.75, 3.05) is 5.32 Å². The Labute approximate surface area is 149 Å². The summed E-state index contributed by atoms with van der Waals surface area (Å²) in [5.41, 5.74) is 0.896. The van der Waals surface area contributed by atoms with Crippen molar-refractivity contribution in [1.82, 2.24) is 0 Å². The third-order valence-electron chi connectivity index (χ3n) is 3.32. The fraction of sp³-hybridized carbons (Fsp3) is 0.176. The highest BCUT2D eigenvalue weighted by atomic mass is 35.5. The summed E-state index contributed by atoms with van der Waals surface area (Å²) in [7, 11) is 0. The molecule has 0 saturated heterocycles. The number of carbonyl (C=O) groups is 2. The van der Waals surface area contributed by atoms with E-state index in [9.17, 15) is 14.7 Å². The van der Waals surface area contributed by atoms with Gasteiger partial charge in [0.15, 0.2) is 6.10 Å². The van der Waals surface area contributed by atoms with Gasteiger partial charge in [0.1, 0.15) is 5.75 Å². The SMILES string of the molecule is Cc1cccc(C(=O)O)c1NC(=O)C(C)Oc1ccc(Cl)cc1Cl. The van der Waals surface area contributed by atoms with E-state index in [1.165, 1.54) is 12.1 Å². The summed E-state index contributed by atoms with van der Waals surface area (Å²) in [4.78, 5) is 23.6. The van der Waals surface area contributed by atoms with Crippen LogP contribution in [-0.4, -0.2) is 23.1 Å². The van der Waals surface area contributed by atoms with Crippen LogP contribution in [-0.2, 0) is 4.79 Å². The number of nitrogens with one attached hydrogen (secondary N) is 1. The second kappa shape index (κ2) is 7.55. The number of halogens is 2. The second-order valence-electron chi connectivity index (χ2n) is 5.13. The molecule has 1 amide bonds. The first-order chi connectivity index (χ1) is 11.3. The molecule has 126 valence electrons. The van der Waals surface area contributed by atoms with Crippen LogP contribution < -0.4 is 10.1 Å². The first kappa shape index (κ1) is 18.1. The lowest BCUT2D eigenvalue weighted by atomic mass is 10.1. The molecule has 0 radical (unpaired) electrons. The quantitative estimate of drug-likeness (QED) is 0.820. The van der Waals surface area contributed by atoms with Gasteiger partial charge in [-0.1, -0.05) is 35.3 Å². The number of carbonyl (C=O) groups excluding carboxylic acids is 1. The normalized spacial score (nSPS) is 11.7. The predicted molar refractivity (Wildman–Crippen MR) is 93.3 cm³/mol. The first-order valence-corrected chi connectivity index (χ1v) is 7.80. The molecule has 2 aromatic rings. The van der Waals surface area contributed by atoms with Crippen molar-refractivity contribution in [2.24, 2.45) is 0 Å². The molecule has 0 aromatic heterocycles. The number of hydrogen-bond donors (Lipinski definition) is 2. The number of benzene rings is 2. The van der Waals surface area contributed by atoms with E-state index in [2.05, 4.69) is 5.32 Å². The zero-order chi connectivity index (χ0) is 17.9. The van der Waals surface area contributed by atoms with Gasteiger partial charge in [0.2, 0.25) is 0 Å². The van der Waals surface area contributed by atoms with Gasteiger partial charge in [-0.2, -0.15) is 0 Å². The third-order valence-corrected chi connectivity index (χ3v) is 3.85. The number of para-hydroxylation sites is 1. The molecular formula is C17H15Cl2NO4. The molecule has 0 aliphatic rings. The van der Waals surface area contributed by atoms with Crippen molar-refractivity contribution in [3.8, 4) is 5.75 Å². The van der Waals surface area contributed by atoms with Crippen molar-refractivity contribution in [1.29, 1.82) is 0 Å². The van der Waals surface area contributed by atoms with Crippen LogP contribution >= 0.6 is 23.2 Å². The Kier molecular flexibility index (Phi) is 5.70. The molecule has 0 aliphatic carbocycles. The standard InChI is InChI=1S/C17H15Cl2NO4/c1-9-4-3-5-12(17(22)23)15(9)20-16(21)10(2)24-14-7-6-11(18)8-13(14)19/h3-8,10H,1-2H3,(H,20,21)(H,22,23). The maximum Gasteiger partial charge on any atom is 0.337 e. The number of carboxylic acid groups (broad SMARTS) is 1. The number of aromatic carboxylic acids is 1. The molecule has 5 nitrogen and oxygen atoms in total. The van der Waals surface area contributed by atoms with E-state index in [1.807, 2.05) is 0 Å². The maximum atomic E-state index is 12.3. The number of carboxylic acids is 1. The highest BCUT2D eigenvalue weighted by molar-refractivity contribution is 6.35. The molecule has 2 aromatic carbocycles. The van der Waals surface area contributed by atoms with Crippen molar-refractivity contribution in [2.45, 2.75) is 20.0 Å². The Morgan fingerprint density at radius 2 is 1.92 bits per heavy atom. The lowest BCUT2D eigenvalue weighted by molar-refractivity contribution is -0.122. The summed E-state index contributed by atoms with van der Waals surface area (Å²) in [6.07, 6.45) is -0.884. The number of amides is 1. The highest BCUT2D eigenvalue weighted by Gasteiger charge is 2.20. The zero-order valence-electron chi connectivity index (χ0n) is 13.0. The maximum absolute atomic E-state index is 12.3. The Balaban J connectivity index is 2.16. The summed E-state index contributed by atoms with van der Waals surface area (Å²) in [6, 6.07) is 9.41. The van der Waals surface area contributed by atoms with Crippen molar-refractivity contribution >= 4 is 40.8 Å². The lowest BCUT2D eigenvalue weighted by Gasteiger charge is -2.17. The summed E-state index contributed by atoms with van der Waals surface area (Å²) >= 11 is 11.8. The summed E-state index contributed by atoms with van der Waals surface area (Å²) < 4.78 is 5.52. The van der Waals surface area contributed by atoms with Gasteiger partial charge < -0.3 is 15.2 Å². The number of ether oxygens (including phenoxy) is 1. The molecule has 1 atom stereocenters. The number of anilines is 1. The van der Waals surface area contributed by atoms with Gasteiger partial charge in [0.25, 0.3) is 5.91 Å². The van der Waals surface area contributed by atoms with Crippen LogP contribution in [0.15, 0.2) is 36.4 Å². The van der Waals surface area contributed by atoms with E-state index in [1.54, 1.807) is 38.1 Å². The molecule has 2 N–H and O–H groups in total. The molecule has 2 rings (SSSR count).